The van der Waals surface area contributed by atoms with E-state index in [0.717, 1.165) is 25.9 Å². The Morgan fingerprint density at radius 3 is 2.88 bits per heavy atom. The second-order valence-corrected chi connectivity index (χ2v) is 4.81. The highest BCUT2D eigenvalue weighted by Gasteiger charge is 2.30. The number of aliphatic hydroxyl groups is 1. The highest BCUT2D eigenvalue weighted by Crippen LogP contribution is 2.25. The van der Waals surface area contributed by atoms with Gasteiger partial charge in [-0.15, -0.1) is 0 Å². The maximum Gasteiger partial charge on any atom is 0.163 e. The van der Waals surface area contributed by atoms with Crippen molar-refractivity contribution in [2.45, 2.75) is 64.4 Å². The lowest BCUT2D eigenvalue weighted by molar-refractivity contribution is -0.276. The number of hydrogen-bond acceptors (Lipinski definition) is 3. The topological polar surface area (TPSA) is 38.7 Å². The number of ether oxygens (including phenoxy) is 2. The first-order valence-corrected chi connectivity index (χ1v) is 6.14. The Kier molecular flexibility index (Phi) is 5.46. The van der Waals surface area contributed by atoms with E-state index in [-0.39, 0.29) is 12.2 Å². The zero-order valence-electron chi connectivity index (χ0n) is 10.6. The lowest BCUT2D eigenvalue weighted by Gasteiger charge is -2.36. The summed E-state index contributed by atoms with van der Waals surface area (Å²) in [5, 5.41) is 9.84. The molecular formula is C13H24O3. The van der Waals surface area contributed by atoms with Gasteiger partial charge >= 0.3 is 0 Å². The van der Waals surface area contributed by atoms with Gasteiger partial charge in [0.05, 0.1) is 18.8 Å². The van der Waals surface area contributed by atoms with Crippen LogP contribution in [0.15, 0.2) is 12.2 Å². The van der Waals surface area contributed by atoms with Crippen molar-refractivity contribution in [3.05, 3.63) is 12.2 Å². The lowest BCUT2D eigenvalue weighted by Crippen LogP contribution is -2.41. The number of hydrogen-bond donors (Lipinski definition) is 1. The van der Waals surface area contributed by atoms with Crippen molar-refractivity contribution in [3.63, 3.8) is 0 Å². The standard InChI is InChI=1S/C13H24O3/c1-4-5-6-7-11(14)10-12-8-9-15-13(2,3)16-12/h4-5,11-12,14H,6-10H2,1-3H3/b5-4+/t11-,12-/m1/s1. The Balaban J connectivity index is 2.25. The molecule has 1 heterocycles. The van der Waals surface area contributed by atoms with Crippen molar-refractivity contribution in [3.8, 4) is 0 Å². The van der Waals surface area contributed by atoms with Crippen LogP contribution < -0.4 is 0 Å². The molecule has 1 saturated heterocycles. The summed E-state index contributed by atoms with van der Waals surface area (Å²) in [5.74, 6) is -0.494. The first-order chi connectivity index (χ1) is 7.53. The Labute approximate surface area is 98.4 Å². The van der Waals surface area contributed by atoms with Gasteiger partial charge < -0.3 is 14.6 Å². The fraction of sp³-hybridized carbons (Fsp3) is 0.846. The summed E-state index contributed by atoms with van der Waals surface area (Å²) < 4.78 is 11.2. The van der Waals surface area contributed by atoms with E-state index in [0.29, 0.717) is 6.42 Å². The molecule has 0 aromatic rings. The average Bonchev–Trinajstić information content (AvgIpc) is 2.16. The summed E-state index contributed by atoms with van der Waals surface area (Å²) in [4.78, 5) is 0. The molecular weight excluding hydrogens is 204 g/mol. The summed E-state index contributed by atoms with van der Waals surface area (Å²) >= 11 is 0. The van der Waals surface area contributed by atoms with Crippen LogP contribution in [-0.2, 0) is 9.47 Å². The van der Waals surface area contributed by atoms with Crippen LogP contribution in [0.5, 0.6) is 0 Å². The van der Waals surface area contributed by atoms with Gasteiger partial charge in [-0.25, -0.2) is 0 Å². The second kappa shape index (κ2) is 6.38. The van der Waals surface area contributed by atoms with Crippen LogP contribution >= 0.6 is 0 Å². The summed E-state index contributed by atoms with van der Waals surface area (Å²) in [7, 11) is 0. The summed E-state index contributed by atoms with van der Waals surface area (Å²) in [6, 6.07) is 0. The minimum Gasteiger partial charge on any atom is -0.393 e. The molecule has 0 spiro atoms. The van der Waals surface area contributed by atoms with E-state index in [2.05, 4.69) is 6.08 Å². The molecule has 3 heteroatoms. The third kappa shape index (κ3) is 5.10. The molecule has 0 bridgehead atoms. The molecule has 0 saturated carbocycles. The van der Waals surface area contributed by atoms with E-state index in [1.807, 2.05) is 26.8 Å². The molecule has 1 fully saturated rings. The van der Waals surface area contributed by atoms with Gasteiger partial charge in [-0.3, -0.25) is 0 Å². The monoisotopic (exact) mass is 228 g/mol. The molecule has 94 valence electrons. The molecule has 0 radical (unpaired) electrons. The van der Waals surface area contributed by atoms with Gasteiger partial charge in [0.2, 0.25) is 0 Å². The molecule has 0 aliphatic carbocycles. The molecule has 0 amide bonds. The van der Waals surface area contributed by atoms with Crippen LogP contribution in [0.25, 0.3) is 0 Å². The number of rotatable bonds is 5. The van der Waals surface area contributed by atoms with Crippen LogP contribution in [0.3, 0.4) is 0 Å². The third-order valence-electron chi connectivity index (χ3n) is 2.78. The van der Waals surface area contributed by atoms with Gasteiger partial charge in [-0.2, -0.15) is 0 Å². The SMILES string of the molecule is C/C=C/CC[C@@H](O)C[C@H]1CCOC(C)(C)O1. The quantitative estimate of drug-likeness (QED) is 0.735. The molecule has 1 N–H and O–H groups in total. The first-order valence-electron chi connectivity index (χ1n) is 6.14. The van der Waals surface area contributed by atoms with Crippen LogP contribution in [0.1, 0.15) is 46.5 Å². The predicted octanol–water partition coefficient (Wildman–Crippen LogP) is 2.64. The summed E-state index contributed by atoms with van der Waals surface area (Å²) in [6.07, 6.45) is 7.29. The first kappa shape index (κ1) is 13.7. The maximum atomic E-state index is 9.84. The van der Waals surface area contributed by atoms with Crippen LogP contribution in [0, 0.1) is 0 Å². The van der Waals surface area contributed by atoms with E-state index in [4.69, 9.17) is 9.47 Å². The molecule has 0 aromatic heterocycles. The Morgan fingerprint density at radius 1 is 1.50 bits per heavy atom. The van der Waals surface area contributed by atoms with E-state index in [9.17, 15) is 5.11 Å². The highest BCUT2D eigenvalue weighted by atomic mass is 16.7. The van der Waals surface area contributed by atoms with Crippen molar-refractivity contribution in [1.82, 2.24) is 0 Å². The van der Waals surface area contributed by atoms with Crippen LogP contribution in [-0.4, -0.2) is 29.7 Å². The normalized spacial score (nSPS) is 27.1. The molecule has 1 aliphatic rings. The second-order valence-electron chi connectivity index (χ2n) is 4.81. The lowest BCUT2D eigenvalue weighted by atomic mass is 10.0. The predicted molar refractivity (Wildman–Crippen MR) is 64.2 cm³/mol. The van der Waals surface area contributed by atoms with Gasteiger partial charge in [-0.05, 0) is 46.5 Å². The van der Waals surface area contributed by atoms with Gasteiger partial charge in [0.15, 0.2) is 5.79 Å². The van der Waals surface area contributed by atoms with Crippen molar-refractivity contribution in [2.75, 3.05) is 6.61 Å². The number of allylic oxidation sites excluding steroid dienone is 2. The van der Waals surface area contributed by atoms with Crippen molar-refractivity contribution in [1.29, 1.82) is 0 Å². The average molecular weight is 228 g/mol. The van der Waals surface area contributed by atoms with E-state index in [1.165, 1.54) is 0 Å². The Hall–Kier alpha value is -0.380. The fourth-order valence-electron chi connectivity index (χ4n) is 1.97. The van der Waals surface area contributed by atoms with Gasteiger partial charge in [0.25, 0.3) is 0 Å². The molecule has 0 unspecified atom stereocenters. The van der Waals surface area contributed by atoms with Gasteiger partial charge in [0, 0.05) is 0 Å². The zero-order valence-corrected chi connectivity index (χ0v) is 10.6. The molecule has 2 atom stereocenters. The smallest absolute Gasteiger partial charge is 0.163 e. The van der Waals surface area contributed by atoms with Gasteiger partial charge in [0.1, 0.15) is 0 Å². The molecule has 3 nitrogen and oxygen atoms in total. The molecule has 1 aliphatic heterocycles. The van der Waals surface area contributed by atoms with Crippen LogP contribution in [0.2, 0.25) is 0 Å². The zero-order chi connectivity index (χ0) is 12.0. The molecule has 0 aromatic carbocycles. The van der Waals surface area contributed by atoms with Crippen molar-refractivity contribution in [2.24, 2.45) is 0 Å². The third-order valence-corrected chi connectivity index (χ3v) is 2.78. The Bertz CT molecular complexity index is 223. The van der Waals surface area contributed by atoms with Crippen molar-refractivity contribution >= 4 is 0 Å². The van der Waals surface area contributed by atoms with E-state index < -0.39 is 5.79 Å². The summed E-state index contributed by atoms with van der Waals surface area (Å²) in [5.41, 5.74) is 0. The van der Waals surface area contributed by atoms with E-state index in [1.54, 1.807) is 0 Å². The Morgan fingerprint density at radius 2 is 2.25 bits per heavy atom. The number of aliphatic hydroxyl groups excluding tert-OH is 1. The molecule has 16 heavy (non-hydrogen) atoms. The maximum absolute atomic E-state index is 9.84. The fourth-order valence-corrected chi connectivity index (χ4v) is 1.97. The summed E-state index contributed by atoms with van der Waals surface area (Å²) in [6.45, 7) is 6.56. The van der Waals surface area contributed by atoms with Crippen LogP contribution in [0.4, 0.5) is 0 Å². The molecule has 1 rings (SSSR count). The minimum atomic E-state index is -0.494. The van der Waals surface area contributed by atoms with E-state index >= 15 is 0 Å². The van der Waals surface area contributed by atoms with Crippen molar-refractivity contribution < 1.29 is 14.6 Å². The minimum absolute atomic E-state index is 0.129. The highest BCUT2D eigenvalue weighted by molar-refractivity contribution is 4.79. The largest absolute Gasteiger partial charge is 0.393 e. The van der Waals surface area contributed by atoms with Gasteiger partial charge in [-0.1, -0.05) is 12.2 Å².